The van der Waals surface area contributed by atoms with Gasteiger partial charge in [0.05, 0.1) is 0 Å². The fourth-order valence-corrected chi connectivity index (χ4v) is 2.92. The SMILES string of the molecule is CCC(CC)(CO)CNCCC1CCCCC1. The number of aliphatic hydroxyl groups is 1. The van der Waals surface area contributed by atoms with Crippen LogP contribution in [0.4, 0.5) is 0 Å². The van der Waals surface area contributed by atoms with Gasteiger partial charge >= 0.3 is 0 Å². The topological polar surface area (TPSA) is 32.3 Å². The second-order valence-electron chi connectivity index (χ2n) is 5.83. The van der Waals surface area contributed by atoms with Crippen LogP contribution in [0.1, 0.15) is 65.2 Å². The van der Waals surface area contributed by atoms with Crippen molar-refractivity contribution in [2.45, 2.75) is 65.2 Å². The molecule has 2 nitrogen and oxygen atoms in total. The molecule has 17 heavy (non-hydrogen) atoms. The number of aliphatic hydroxyl groups excluding tert-OH is 1. The molecular formula is C15H31NO. The molecule has 1 aliphatic carbocycles. The average Bonchev–Trinajstić information content (AvgIpc) is 2.41. The number of rotatable bonds is 8. The van der Waals surface area contributed by atoms with Crippen LogP contribution in [0.25, 0.3) is 0 Å². The summed E-state index contributed by atoms with van der Waals surface area (Å²) in [6.45, 7) is 6.79. The lowest BCUT2D eigenvalue weighted by atomic mass is 9.83. The molecule has 0 atom stereocenters. The summed E-state index contributed by atoms with van der Waals surface area (Å²) in [6, 6.07) is 0. The highest BCUT2D eigenvalue weighted by atomic mass is 16.3. The minimum absolute atomic E-state index is 0.118. The Bertz CT molecular complexity index is 175. The molecule has 0 amide bonds. The lowest BCUT2D eigenvalue weighted by Gasteiger charge is -2.30. The van der Waals surface area contributed by atoms with E-state index in [9.17, 15) is 5.11 Å². The van der Waals surface area contributed by atoms with E-state index in [1.165, 1.54) is 38.5 Å². The summed E-state index contributed by atoms with van der Waals surface area (Å²) in [7, 11) is 0. The Morgan fingerprint density at radius 3 is 2.29 bits per heavy atom. The van der Waals surface area contributed by atoms with Gasteiger partial charge in [0.15, 0.2) is 0 Å². The third-order valence-corrected chi connectivity index (χ3v) is 4.79. The van der Waals surface area contributed by atoms with E-state index in [1.54, 1.807) is 0 Å². The summed E-state index contributed by atoms with van der Waals surface area (Å²) in [5.41, 5.74) is 0.118. The zero-order valence-electron chi connectivity index (χ0n) is 11.8. The minimum atomic E-state index is 0.118. The van der Waals surface area contributed by atoms with Crippen molar-refractivity contribution in [3.8, 4) is 0 Å². The molecule has 0 aliphatic heterocycles. The van der Waals surface area contributed by atoms with Crippen molar-refractivity contribution in [1.29, 1.82) is 0 Å². The molecule has 1 rings (SSSR count). The third-order valence-electron chi connectivity index (χ3n) is 4.79. The Hall–Kier alpha value is -0.0800. The Morgan fingerprint density at radius 1 is 1.12 bits per heavy atom. The molecule has 0 bridgehead atoms. The number of hydrogen-bond acceptors (Lipinski definition) is 2. The summed E-state index contributed by atoms with van der Waals surface area (Å²) < 4.78 is 0. The Kier molecular flexibility index (Phi) is 7.14. The van der Waals surface area contributed by atoms with Crippen molar-refractivity contribution >= 4 is 0 Å². The van der Waals surface area contributed by atoms with E-state index >= 15 is 0 Å². The van der Waals surface area contributed by atoms with Crippen molar-refractivity contribution in [3.63, 3.8) is 0 Å². The fourth-order valence-electron chi connectivity index (χ4n) is 2.92. The standard InChI is InChI=1S/C15H31NO/c1-3-15(4-2,13-17)12-16-11-10-14-8-6-5-7-9-14/h14,16-17H,3-13H2,1-2H3. The summed E-state index contributed by atoms with van der Waals surface area (Å²) >= 11 is 0. The van der Waals surface area contributed by atoms with Crippen LogP contribution in [0.5, 0.6) is 0 Å². The van der Waals surface area contributed by atoms with Crippen LogP contribution in [0, 0.1) is 11.3 Å². The molecular weight excluding hydrogens is 210 g/mol. The molecule has 1 aliphatic rings. The van der Waals surface area contributed by atoms with Crippen LogP contribution < -0.4 is 5.32 Å². The fraction of sp³-hybridized carbons (Fsp3) is 1.00. The van der Waals surface area contributed by atoms with Gasteiger partial charge in [-0.2, -0.15) is 0 Å². The molecule has 2 N–H and O–H groups in total. The molecule has 0 aromatic rings. The monoisotopic (exact) mass is 241 g/mol. The van der Waals surface area contributed by atoms with Crippen molar-refractivity contribution < 1.29 is 5.11 Å². The molecule has 0 radical (unpaired) electrons. The normalized spacial score (nSPS) is 18.5. The van der Waals surface area contributed by atoms with Gasteiger partial charge in [-0.1, -0.05) is 46.0 Å². The third kappa shape index (κ3) is 4.97. The van der Waals surface area contributed by atoms with E-state index in [4.69, 9.17) is 0 Å². The maximum absolute atomic E-state index is 9.48. The second kappa shape index (κ2) is 8.10. The smallest absolute Gasteiger partial charge is 0.0499 e. The van der Waals surface area contributed by atoms with Crippen LogP contribution in [0.3, 0.4) is 0 Å². The van der Waals surface area contributed by atoms with Gasteiger partial charge in [0.1, 0.15) is 0 Å². The van der Waals surface area contributed by atoms with Gasteiger partial charge < -0.3 is 10.4 Å². The molecule has 2 heteroatoms. The minimum Gasteiger partial charge on any atom is -0.396 e. The van der Waals surface area contributed by atoms with E-state index in [0.717, 1.165) is 31.8 Å². The first-order valence-electron chi connectivity index (χ1n) is 7.58. The maximum Gasteiger partial charge on any atom is 0.0499 e. The zero-order valence-corrected chi connectivity index (χ0v) is 11.8. The molecule has 0 saturated heterocycles. The van der Waals surface area contributed by atoms with E-state index in [-0.39, 0.29) is 5.41 Å². The van der Waals surface area contributed by atoms with Crippen molar-refractivity contribution in [3.05, 3.63) is 0 Å². The quantitative estimate of drug-likeness (QED) is 0.639. The van der Waals surface area contributed by atoms with Gasteiger partial charge in [-0.25, -0.2) is 0 Å². The van der Waals surface area contributed by atoms with Crippen LogP contribution in [0.15, 0.2) is 0 Å². The maximum atomic E-state index is 9.48. The number of hydrogen-bond donors (Lipinski definition) is 2. The highest BCUT2D eigenvalue weighted by Crippen LogP contribution is 2.27. The molecule has 0 spiro atoms. The molecule has 0 aromatic heterocycles. The lowest BCUT2D eigenvalue weighted by molar-refractivity contribution is 0.112. The van der Waals surface area contributed by atoms with Gasteiger partial charge in [0.25, 0.3) is 0 Å². The summed E-state index contributed by atoms with van der Waals surface area (Å²) in [5.74, 6) is 0.961. The van der Waals surface area contributed by atoms with Gasteiger partial charge in [0.2, 0.25) is 0 Å². The van der Waals surface area contributed by atoms with Gasteiger partial charge in [-0.3, -0.25) is 0 Å². The van der Waals surface area contributed by atoms with Crippen LogP contribution >= 0.6 is 0 Å². The van der Waals surface area contributed by atoms with Gasteiger partial charge in [0, 0.05) is 18.6 Å². The van der Waals surface area contributed by atoms with Gasteiger partial charge in [-0.05, 0) is 31.7 Å². The largest absolute Gasteiger partial charge is 0.396 e. The Labute approximate surface area is 107 Å². The second-order valence-corrected chi connectivity index (χ2v) is 5.83. The predicted molar refractivity (Wildman–Crippen MR) is 74.2 cm³/mol. The molecule has 0 aromatic carbocycles. The molecule has 102 valence electrons. The molecule has 1 saturated carbocycles. The first-order chi connectivity index (χ1) is 8.26. The van der Waals surface area contributed by atoms with Crippen LogP contribution in [-0.2, 0) is 0 Å². The Balaban J connectivity index is 2.13. The highest BCUT2D eigenvalue weighted by Gasteiger charge is 2.24. The zero-order chi connectivity index (χ0) is 12.6. The molecule has 1 fully saturated rings. The van der Waals surface area contributed by atoms with Crippen molar-refractivity contribution in [2.24, 2.45) is 11.3 Å². The van der Waals surface area contributed by atoms with E-state index < -0.39 is 0 Å². The average molecular weight is 241 g/mol. The number of nitrogens with one attached hydrogen (secondary N) is 1. The van der Waals surface area contributed by atoms with E-state index in [2.05, 4.69) is 19.2 Å². The summed E-state index contributed by atoms with van der Waals surface area (Å²) in [6.07, 6.45) is 10.7. The first-order valence-corrected chi connectivity index (χ1v) is 7.58. The molecule has 0 unspecified atom stereocenters. The Morgan fingerprint density at radius 2 is 1.76 bits per heavy atom. The predicted octanol–water partition coefficient (Wildman–Crippen LogP) is 3.35. The highest BCUT2D eigenvalue weighted by molar-refractivity contribution is 4.78. The van der Waals surface area contributed by atoms with Gasteiger partial charge in [-0.15, -0.1) is 0 Å². The first kappa shape index (κ1) is 15.0. The van der Waals surface area contributed by atoms with E-state index in [0.29, 0.717) is 6.61 Å². The van der Waals surface area contributed by atoms with Crippen LogP contribution in [0.2, 0.25) is 0 Å². The summed E-state index contributed by atoms with van der Waals surface area (Å²) in [4.78, 5) is 0. The van der Waals surface area contributed by atoms with E-state index in [1.807, 2.05) is 0 Å². The van der Waals surface area contributed by atoms with Crippen molar-refractivity contribution in [1.82, 2.24) is 5.32 Å². The summed E-state index contributed by atoms with van der Waals surface area (Å²) in [5, 5.41) is 13.1. The van der Waals surface area contributed by atoms with Crippen LogP contribution in [-0.4, -0.2) is 24.8 Å². The molecule has 0 heterocycles. The van der Waals surface area contributed by atoms with Crippen molar-refractivity contribution in [2.75, 3.05) is 19.7 Å². The lowest BCUT2D eigenvalue weighted by Crippen LogP contribution is -2.37.